The van der Waals surface area contributed by atoms with Gasteiger partial charge in [0.25, 0.3) is 0 Å². The molecule has 0 radical (unpaired) electrons. The molecule has 2 N–H and O–H groups in total. The Hall–Kier alpha value is -0.930. The van der Waals surface area contributed by atoms with Gasteiger partial charge < -0.3 is 10.4 Å². The molecule has 0 unspecified atom stereocenters. The second kappa shape index (κ2) is 5.24. The molecule has 0 aromatic carbocycles. The van der Waals surface area contributed by atoms with Crippen LogP contribution in [-0.2, 0) is 0 Å². The summed E-state index contributed by atoms with van der Waals surface area (Å²) in [6, 6.07) is 3.76. The van der Waals surface area contributed by atoms with Crippen LogP contribution in [0, 0.1) is 5.92 Å². The van der Waals surface area contributed by atoms with Crippen LogP contribution in [0.4, 0.5) is 0 Å². The zero-order valence-corrected chi connectivity index (χ0v) is 8.89. The molecule has 1 aromatic rings. The summed E-state index contributed by atoms with van der Waals surface area (Å²) in [6.07, 6.45) is 7.07. The monoisotopic (exact) mass is 206 g/mol. The molecule has 1 aliphatic carbocycles. The van der Waals surface area contributed by atoms with Gasteiger partial charge in [0.2, 0.25) is 0 Å². The molecule has 0 amide bonds. The van der Waals surface area contributed by atoms with Gasteiger partial charge in [-0.3, -0.25) is 4.98 Å². The SMILES string of the molecule is O[C@H](CNCC1CCC1)c1cccnc1. The third kappa shape index (κ3) is 3.01. The molecule has 0 saturated heterocycles. The first-order valence-corrected chi connectivity index (χ1v) is 5.65. The highest BCUT2D eigenvalue weighted by molar-refractivity contribution is 5.11. The highest BCUT2D eigenvalue weighted by Crippen LogP contribution is 2.25. The number of hydrogen-bond acceptors (Lipinski definition) is 3. The van der Waals surface area contributed by atoms with Crippen molar-refractivity contribution in [1.82, 2.24) is 10.3 Å². The van der Waals surface area contributed by atoms with E-state index in [4.69, 9.17) is 0 Å². The molecule has 3 nitrogen and oxygen atoms in total. The molecular weight excluding hydrogens is 188 g/mol. The number of nitrogens with one attached hydrogen (secondary N) is 1. The Morgan fingerprint density at radius 2 is 2.40 bits per heavy atom. The lowest BCUT2D eigenvalue weighted by molar-refractivity contribution is 0.168. The van der Waals surface area contributed by atoms with Gasteiger partial charge in [-0.15, -0.1) is 0 Å². The van der Waals surface area contributed by atoms with E-state index in [1.165, 1.54) is 19.3 Å². The molecule has 1 aromatic heterocycles. The zero-order chi connectivity index (χ0) is 10.5. The summed E-state index contributed by atoms with van der Waals surface area (Å²) in [5, 5.41) is 13.1. The van der Waals surface area contributed by atoms with Gasteiger partial charge in [0.15, 0.2) is 0 Å². The fraction of sp³-hybridized carbons (Fsp3) is 0.583. The Morgan fingerprint density at radius 1 is 1.53 bits per heavy atom. The predicted octanol–water partition coefficient (Wildman–Crippen LogP) is 1.50. The van der Waals surface area contributed by atoms with Crippen LogP contribution in [0.5, 0.6) is 0 Å². The van der Waals surface area contributed by atoms with E-state index in [-0.39, 0.29) is 0 Å². The van der Waals surface area contributed by atoms with Crippen LogP contribution in [0.25, 0.3) is 0 Å². The minimum absolute atomic E-state index is 0.432. The van der Waals surface area contributed by atoms with Crippen LogP contribution in [0.3, 0.4) is 0 Å². The zero-order valence-electron chi connectivity index (χ0n) is 8.89. The minimum Gasteiger partial charge on any atom is -0.387 e. The Kier molecular flexibility index (Phi) is 3.69. The van der Waals surface area contributed by atoms with Crippen molar-refractivity contribution in [1.29, 1.82) is 0 Å². The van der Waals surface area contributed by atoms with Crippen molar-refractivity contribution in [3.8, 4) is 0 Å². The first kappa shape index (κ1) is 10.6. The highest BCUT2D eigenvalue weighted by Gasteiger charge is 2.17. The van der Waals surface area contributed by atoms with Crippen LogP contribution in [0.1, 0.15) is 30.9 Å². The lowest BCUT2D eigenvalue weighted by Crippen LogP contribution is -2.30. The average molecular weight is 206 g/mol. The van der Waals surface area contributed by atoms with Crippen LogP contribution in [0.2, 0.25) is 0 Å². The largest absolute Gasteiger partial charge is 0.387 e. The van der Waals surface area contributed by atoms with Crippen molar-refractivity contribution in [2.45, 2.75) is 25.4 Å². The number of aromatic nitrogens is 1. The molecule has 82 valence electrons. The Morgan fingerprint density at radius 3 is 3.00 bits per heavy atom. The van der Waals surface area contributed by atoms with Gasteiger partial charge >= 0.3 is 0 Å². The van der Waals surface area contributed by atoms with Gasteiger partial charge in [-0.05, 0) is 31.4 Å². The van der Waals surface area contributed by atoms with E-state index in [1.807, 2.05) is 12.1 Å². The van der Waals surface area contributed by atoms with E-state index >= 15 is 0 Å². The van der Waals surface area contributed by atoms with Crippen LogP contribution in [-0.4, -0.2) is 23.2 Å². The average Bonchev–Trinajstić information content (AvgIpc) is 2.23. The second-order valence-corrected chi connectivity index (χ2v) is 4.26. The molecule has 0 bridgehead atoms. The van der Waals surface area contributed by atoms with Gasteiger partial charge in [0, 0.05) is 24.5 Å². The van der Waals surface area contributed by atoms with Crippen molar-refractivity contribution in [3.05, 3.63) is 30.1 Å². The van der Waals surface area contributed by atoms with Crippen molar-refractivity contribution >= 4 is 0 Å². The molecule has 1 saturated carbocycles. The van der Waals surface area contributed by atoms with Crippen molar-refractivity contribution in [2.75, 3.05) is 13.1 Å². The maximum absolute atomic E-state index is 9.82. The van der Waals surface area contributed by atoms with E-state index in [1.54, 1.807) is 12.4 Å². The summed E-state index contributed by atoms with van der Waals surface area (Å²) in [6.45, 7) is 1.67. The van der Waals surface area contributed by atoms with Gasteiger partial charge in [0.1, 0.15) is 0 Å². The summed E-state index contributed by atoms with van der Waals surface area (Å²) < 4.78 is 0. The number of rotatable bonds is 5. The summed E-state index contributed by atoms with van der Waals surface area (Å²) in [4.78, 5) is 3.99. The van der Waals surface area contributed by atoms with Crippen LogP contribution < -0.4 is 5.32 Å². The van der Waals surface area contributed by atoms with E-state index in [0.717, 1.165) is 18.0 Å². The maximum Gasteiger partial charge on any atom is 0.0929 e. The van der Waals surface area contributed by atoms with Crippen molar-refractivity contribution in [2.24, 2.45) is 5.92 Å². The lowest BCUT2D eigenvalue weighted by Gasteiger charge is -2.26. The molecular formula is C12H18N2O. The Labute approximate surface area is 90.5 Å². The molecule has 1 fully saturated rings. The molecule has 15 heavy (non-hydrogen) atoms. The fourth-order valence-corrected chi connectivity index (χ4v) is 1.81. The number of hydrogen-bond donors (Lipinski definition) is 2. The number of nitrogens with zero attached hydrogens (tertiary/aromatic N) is 1. The normalized spacial score (nSPS) is 18.5. The summed E-state index contributed by atoms with van der Waals surface area (Å²) >= 11 is 0. The van der Waals surface area contributed by atoms with Gasteiger partial charge in [0.05, 0.1) is 6.10 Å². The standard InChI is InChI=1S/C12H18N2O/c15-12(11-5-2-6-13-8-11)9-14-7-10-3-1-4-10/h2,5-6,8,10,12,14-15H,1,3-4,7,9H2/t12-/m1/s1. The van der Waals surface area contributed by atoms with E-state index in [0.29, 0.717) is 6.54 Å². The summed E-state index contributed by atoms with van der Waals surface area (Å²) in [5.74, 6) is 0.839. The minimum atomic E-state index is -0.432. The molecule has 1 heterocycles. The second-order valence-electron chi connectivity index (χ2n) is 4.26. The molecule has 1 atom stereocenters. The summed E-state index contributed by atoms with van der Waals surface area (Å²) in [7, 11) is 0. The molecule has 0 aliphatic heterocycles. The first-order valence-electron chi connectivity index (χ1n) is 5.65. The molecule has 3 heteroatoms. The van der Waals surface area contributed by atoms with Gasteiger partial charge in [-0.2, -0.15) is 0 Å². The van der Waals surface area contributed by atoms with Crippen LogP contribution in [0.15, 0.2) is 24.5 Å². The maximum atomic E-state index is 9.82. The number of aliphatic hydroxyl groups excluding tert-OH is 1. The Bertz CT molecular complexity index is 285. The quantitative estimate of drug-likeness (QED) is 0.767. The van der Waals surface area contributed by atoms with E-state index < -0.39 is 6.10 Å². The predicted molar refractivity (Wildman–Crippen MR) is 59.4 cm³/mol. The number of aliphatic hydroxyl groups is 1. The first-order chi connectivity index (χ1) is 7.36. The fourth-order valence-electron chi connectivity index (χ4n) is 1.81. The van der Waals surface area contributed by atoms with Crippen LogP contribution >= 0.6 is 0 Å². The van der Waals surface area contributed by atoms with Crippen molar-refractivity contribution < 1.29 is 5.11 Å². The van der Waals surface area contributed by atoms with Crippen molar-refractivity contribution in [3.63, 3.8) is 0 Å². The van der Waals surface area contributed by atoms with E-state index in [2.05, 4.69) is 10.3 Å². The molecule has 2 rings (SSSR count). The smallest absolute Gasteiger partial charge is 0.0929 e. The summed E-state index contributed by atoms with van der Waals surface area (Å²) in [5.41, 5.74) is 0.888. The lowest BCUT2D eigenvalue weighted by atomic mass is 9.85. The third-order valence-corrected chi connectivity index (χ3v) is 3.06. The molecule has 0 spiro atoms. The Balaban J connectivity index is 1.70. The van der Waals surface area contributed by atoms with E-state index in [9.17, 15) is 5.11 Å². The van der Waals surface area contributed by atoms with Gasteiger partial charge in [-0.1, -0.05) is 12.5 Å². The molecule has 1 aliphatic rings. The third-order valence-electron chi connectivity index (χ3n) is 3.06. The highest BCUT2D eigenvalue weighted by atomic mass is 16.3. The topological polar surface area (TPSA) is 45.1 Å². The number of pyridine rings is 1. The van der Waals surface area contributed by atoms with Gasteiger partial charge in [-0.25, -0.2) is 0 Å².